The van der Waals surface area contributed by atoms with E-state index in [1.54, 1.807) is 14.2 Å². The smallest absolute Gasteiger partial charge is 0.123 e. The molecule has 0 heterocycles. The van der Waals surface area contributed by atoms with E-state index in [1.165, 1.54) is 12.0 Å². The second kappa shape index (κ2) is 8.85. The highest BCUT2D eigenvalue weighted by atomic mass is 16.5. The molecule has 1 unspecified atom stereocenters. The van der Waals surface area contributed by atoms with Crippen molar-refractivity contribution in [1.29, 1.82) is 0 Å². The van der Waals surface area contributed by atoms with Gasteiger partial charge in [0.25, 0.3) is 0 Å². The predicted octanol–water partition coefficient (Wildman–Crippen LogP) is 4.18. The van der Waals surface area contributed by atoms with E-state index in [-0.39, 0.29) is 0 Å². The summed E-state index contributed by atoms with van der Waals surface area (Å²) >= 11 is 0. The first-order valence-corrected chi connectivity index (χ1v) is 7.57. The summed E-state index contributed by atoms with van der Waals surface area (Å²) in [5.74, 6) is 2.52. The lowest BCUT2D eigenvalue weighted by molar-refractivity contribution is 0.378. The van der Waals surface area contributed by atoms with Crippen LogP contribution in [0.25, 0.3) is 0 Å². The predicted molar refractivity (Wildman–Crippen MR) is 84.7 cm³/mol. The van der Waals surface area contributed by atoms with E-state index in [9.17, 15) is 0 Å². The lowest BCUT2D eigenvalue weighted by Gasteiger charge is -2.22. The molecule has 1 aromatic carbocycles. The van der Waals surface area contributed by atoms with Crippen molar-refractivity contribution in [3.63, 3.8) is 0 Å². The zero-order valence-electron chi connectivity index (χ0n) is 13.5. The van der Waals surface area contributed by atoms with Crippen LogP contribution in [0.15, 0.2) is 18.2 Å². The maximum absolute atomic E-state index is 5.52. The number of rotatable bonds is 9. The number of methoxy groups -OCH3 is 2. The van der Waals surface area contributed by atoms with Gasteiger partial charge in [-0.25, -0.2) is 0 Å². The summed E-state index contributed by atoms with van der Waals surface area (Å²) in [4.78, 5) is 0. The average Bonchev–Trinajstić information content (AvgIpc) is 2.46. The van der Waals surface area contributed by atoms with Crippen LogP contribution in [-0.2, 0) is 0 Å². The van der Waals surface area contributed by atoms with Gasteiger partial charge in [-0.3, -0.25) is 0 Å². The fraction of sp³-hybridized carbons (Fsp3) is 0.647. The number of benzene rings is 1. The molecule has 0 radical (unpaired) electrons. The van der Waals surface area contributed by atoms with Crippen LogP contribution in [0.5, 0.6) is 11.5 Å². The number of ether oxygens (including phenoxy) is 2. The fourth-order valence-electron chi connectivity index (χ4n) is 2.30. The molecule has 114 valence electrons. The second-order valence-electron chi connectivity index (χ2n) is 5.59. The summed E-state index contributed by atoms with van der Waals surface area (Å²) in [5.41, 5.74) is 1.20. The van der Waals surface area contributed by atoms with Gasteiger partial charge in [-0.2, -0.15) is 0 Å². The van der Waals surface area contributed by atoms with Crippen LogP contribution in [-0.4, -0.2) is 20.8 Å². The standard InChI is InChI=1S/C17H29NO2/c1-6-11-18-16(9-7-13(2)3)15-12-14(19-4)8-10-17(15)20-5/h8,10,12-13,16,18H,6-7,9,11H2,1-5H3. The highest BCUT2D eigenvalue weighted by Gasteiger charge is 2.17. The van der Waals surface area contributed by atoms with Crippen molar-refractivity contribution in [2.75, 3.05) is 20.8 Å². The Bertz CT molecular complexity index is 391. The van der Waals surface area contributed by atoms with Crippen LogP contribution in [0.4, 0.5) is 0 Å². The lowest BCUT2D eigenvalue weighted by Crippen LogP contribution is -2.23. The topological polar surface area (TPSA) is 30.5 Å². The van der Waals surface area contributed by atoms with E-state index in [2.05, 4.69) is 32.2 Å². The van der Waals surface area contributed by atoms with E-state index < -0.39 is 0 Å². The Kier molecular flexibility index (Phi) is 7.45. The molecular formula is C17H29NO2. The average molecular weight is 279 g/mol. The molecule has 1 atom stereocenters. The van der Waals surface area contributed by atoms with Gasteiger partial charge in [0, 0.05) is 11.6 Å². The molecule has 0 aliphatic heterocycles. The van der Waals surface area contributed by atoms with Gasteiger partial charge in [0.15, 0.2) is 0 Å². The third kappa shape index (κ3) is 5.04. The SMILES string of the molecule is CCCNC(CCC(C)C)c1cc(OC)ccc1OC. The summed E-state index contributed by atoms with van der Waals surface area (Å²) < 4.78 is 10.9. The maximum atomic E-state index is 5.52. The summed E-state index contributed by atoms with van der Waals surface area (Å²) in [6, 6.07) is 6.35. The first-order valence-electron chi connectivity index (χ1n) is 7.57. The summed E-state index contributed by atoms with van der Waals surface area (Å²) in [7, 11) is 3.43. The van der Waals surface area contributed by atoms with Crippen molar-refractivity contribution in [2.24, 2.45) is 5.92 Å². The maximum Gasteiger partial charge on any atom is 0.123 e. The van der Waals surface area contributed by atoms with Crippen LogP contribution in [0.2, 0.25) is 0 Å². The molecule has 1 aromatic rings. The fourth-order valence-corrected chi connectivity index (χ4v) is 2.30. The summed E-state index contributed by atoms with van der Waals surface area (Å²) in [6.45, 7) is 7.73. The van der Waals surface area contributed by atoms with Gasteiger partial charge in [-0.05, 0) is 49.9 Å². The van der Waals surface area contributed by atoms with Crippen molar-refractivity contribution in [3.05, 3.63) is 23.8 Å². The van der Waals surface area contributed by atoms with Gasteiger partial charge in [-0.1, -0.05) is 20.8 Å². The zero-order valence-corrected chi connectivity index (χ0v) is 13.5. The summed E-state index contributed by atoms with van der Waals surface area (Å²) in [6.07, 6.45) is 3.44. The highest BCUT2D eigenvalue weighted by molar-refractivity contribution is 5.42. The molecule has 1 N–H and O–H groups in total. The van der Waals surface area contributed by atoms with E-state index in [4.69, 9.17) is 9.47 Å². The Labute approximate surface area is 123 Å². The molecule has 0 aliphatic rings. The Morgan fingerprint density at radius 2 is 1.85 bits per heavy atom. The first-order chi connectivity index (χ1) is 9.62. The Balaban J connectivity index is 2.96. The second-order valence-corrected chi connectivity index (χ2v) is 5.59. The molecule has 3 heteroatoms. The molecule has 0 saturated heterocycles. The molecule has 0 aliphatic carbocycles. The molecule has 0 fully saturated rings. The van der Waals surface area contributed by atoms with E-state index in [0.29, 0.717) is 12.0 Å². The monoisotopic (exact) mass is 279 g/mol. The third-order valence-corrected chi connectivity index (χ3v) is 3.49. The van der Waals surface area contributed by atoms with Gasteiger partial charge in [0.2, 0.25) is 0 Å². The third-order valence-electron chi connectivity index (χ3n) is 3.49. The van der Waals surface area contributed by atoms with E-state index >= 15 is 0 Å². The summed E-state index contributed by atoms with van der Waals surface area (Å²) in [5, 5.41) is 3.63. The van der Waals surface area contributed by atoms with Crippen LogP contribution < -0.4 is 14.8 Å². The van der Waals surface area contributed by atoms with Crippen molar-refractivity contribution in [2.45, 2.75) is 46.1 Å². The van der Waals surface area contributed by atoms with Crippen molar-refractivity contribution < 1.29 is 9.47 Å². The van der Waals surface area contributed by atoms with Gasteiger partial charge < -0.3 is 14.8 Å². The Morgan fingerprint density at radius 1 is 1.10 bits per heavy atom. The minimum atomic E-state index is 0.322. The number of nitrogens with one attached hydrogen (secondary N) is 1. The quantitative estimate of drug-likeness (QED) is 0.735. The normalized spacial score (nSPS) is 12.5. The largest absolute Gasteiger partial charge is 0.497 e. The first kappa shape index (κ1) is 16.8. The van der Waals surface area contributed by atoms with E-state index in [1.807, 2.05) is 12.1 Å². The molecule has 20 heavy (non-hydrogen) atoms. The molecule has 0 amide bonds. The lowest BCUT2D eigenvalue weighted by atomic mass is 9.96. The van der Waals surface area contributed by atoms with Gasteiger partial charge in [0.05, 0.1) is 14.2 Å². The van der Waals surface area contributed by atoms with Gasteiger partial charge in [-0.15, -0.1) is 0 Å². The van der Waals surface area contributed by atoms with Crippen molar-refractivity contribution in [1.82, 2.24) is 5.32 Å². The van der Waals surface area contributed by atoms with Crippen LogP contribution in [0.3, 0.4) is 0 Å². The molecule has 0 bridgehead atoms. The molecule has 3 nitrogen and oxygen atoms in total. The molecule has 0 spiro atoms. The Hall–Kier alpha value is -1.22. The van der Waals surface area contributed by atoms with E-state index in [0.717, 1.165) is 30.9 Å². The zero-order chi connectivity index (χ0) is 15.0. The van der Waals surface area contributed by atoms with Crippen LogP contribution in [0, 0.1) is 5.92 Å². The number of hydrogen-bond donors (Lipinski definition) is 1. The molecule has 0 aromatic heterocycles. The highest BCUT2D eigenvalue weighted by Crippen LogP contribution is 2.32. The van der Waals surface area contributed by atoms with Crippen LogP contribution >= 0.6 is 0 Å². The minimum Gasteiger partial charge on any atom is -0.497 e. The van der Waals surface area contributed by atoms with Crippen molar-refractivity contribution in [3.8, 4) is 11.5 Å². The Morgan fingerprint density at radius 3 is 2.40 bits per heavy atom. The molecular weight excluding hydrogens is 250 g/mol. The van der Waals surface area contributed by atoms with Gasteiger partial charge >= 0.3 is 0 Å². The van der Waals surface area contributed by atoms with Crippen molar-refractivity contribution >= 4 is 0 Å². The number of hydrogen-bond acceptors (Lipinski definition) is 3. The minimum absolute atomic E-state index is 0.322. The van der Waals surface area contributed by atoms with Crippen LogP contribution in [0.1, 0.15) is 51.6 Å². The van der Waals surface area contributed by atoms with Gasteiger partial charge in [0.1, 0.15) is 11.5 Å². The molecule has 1 rings (SSSR count). The molecule has 0 saturated carbocycles.